The molecule has 6 nitrogen and oxygen atoms in total. The Morgan fingerprint density at radius 2 is 1.53 bits per heavy atom. The summed E-state index contributed by atoms with van der Waals surface area (Å²) in [5.74, 6) is -0.618. The summed E-state index contributed by atoms with van der Waals surface area (Å²) in [6, 6.07) is 13.4. The first-order chi connectivity index (χ1) is 14.3. The van der Waals surface area contributed by atoms with Gasteiger partial charge in [0.2, 0.25) is 0 Å². The summed E-state index contributed by atoms with van der Waals surface area (Å²) in [5, 5.41) is 9.50. The van der Waals surface area contributed by atoms with Gasteiger partial charge in [-0.2, -0.15) is 0 Å². The van der Waals surface area contributed by atoms with Crippen LogP contribution in [-0.4, -0.2) is 30.3 Å². The van der Waals surface area contributed by atoms with E-state index in [9.17, 15) is 9.59 Å². The Hall–Kier alpha value is -2.99. The molecule has 0 heterocycles. The first-order valence-corrected chi connectivity index (χ1v) is 9.97. The Kier molecular flexibility index (Phi) is 11.7. The molecule has 0 unspecified atom stereocenters. The normalized spacial score (nSPS) is 9.80. The number of carboxylic acids is 1. The van der Waals surface area contributed by atoms with E-state index in [1.807, 2.05) is 0 Å². The SMILES string of the molecule is C=C(C)C(=O)OCCCCCCOc1ccc(C(=O)O)cc1.Nc1ccc(Cl)cc1. The summed E-state index contributed by atoms with van der Waals surface area (Å²) in [6.07, 6.45) is 3.67. The molecule has 0 bridgehead atoms. The van der Waals surface area contributed by atoms with E-state index in [0.29, 0.717) is 24.5 Å². The molecule has 0 saturated heterocycles. The van der Waals surface area contributed by atoms with Crippen molar-refractivity contribution in [3.05, 3.63) is 71.3 Å². The number of hydrogen-bond donors (Lipinski definition) is 2. The number of hydrogen-bond acceptors (Lipinski definition) is 5. The Labute approximate surface area is 182 Å². The summed E-state index contributed by atoms with van der Waals surface area (Å²) in [6.45, 7) is 6.14. The van der Waals surface area contributed by atoms with Crippen LogP contribution < -0.4 is 10.5 Å². The number of nitrogens with two attached hydrogens (primary N) is 1. The number of carbonyl (C=O) groups is 2. The van der Waals surface area contributed by atoms with Crippen molar-refractivity contribution in [1.82, 2.24) is 0 Å². The average molecular weight is 434 g/mol. The lowest BCUT2D eigenvalue weighted by Gasteiger charge is -2.07. The molecular weight excluding hydrogens is 406 g/mol. The second-order valence-corrected chi connectivity index (χ2v) is 7.00. The van der Waals surface area contributed by atoms with E-state index >= 15 is 0 Å². The van der Waals surface area contributed by atoms with Gasteiger partial charge in [0.05, 0.1) is 18.8 Å². The number of ether oxygens (including phenoxy) is 2. The maximum absolute atomic E-state index is 11.1. The van der Waals surface area contributed by atoms with Gasteiger partial charge in [-0.15, -0.1) is 0 Å². The molecule has 0 aliphatic rings. The Morgan fingerprint density at radius 3 is 2.03 bits per heavy atom. The van der Waals surface area contributed by atoms with Gasteiger partial charge < -0.3 is 20.3 Å². The smallest absolute Gasteiger partial charge is 0.335 e. The molecule has 0 aliphatic carbocycles. The van der Waals surface area contributed by atoms with Gasteiger partial charge in [0.1, 0.15) is 5.75 Å². The van der Waals surface area contributed by atoms with Gasteiger partial charge in [-0.1, -0.05) is 18.2 Å². The summed E-state index contributed by atoms with van der Waals surface area (Å²) in [4.78, 5) is 21.8. The van der Waals surface area contributed by atoms with Gasteiger partial charge in [-0.25, -0.2) is 9.59 Å². The molecule has 0 atom stereocenters. The predicted molar refractivity (Wildman–Crippen MR) is 119 cm³/mol. The summed E-state index contributed by atoms with van der Waals surface area (Å²) < 4.78 is 10.5. The van der Waals surface area contributed by atoms with Crippen molar-refractivity contribution in [3.63, 3.8) is 0 Å². The predicted octanol–water partition coefficient (Wildman–Crippen LogP) is 5.37. The van der Waals surface area contributed by atoms with Gasteiger partial charge in [0.15, 0.2) is 0 Å². The number of nitrogen functional groups attached to an aromatic ring is 1. The zero-order valence-electron chi connectivity index (χ0n) is 17.1. The maximum atomic E-state index is 11.1. The standard InChI is InChI=1S/C17H22O5.C6H6ClN/c1-13(2)17(20)22-12-6-4-3-5-11-21-15-9-7-14(8-10-15)16(18)19;7-5-1-3-6(8)4-2-5/h7-10H,1,3-6,11-12H2,2H3,(H,18,19);1-4H,8H2. The molecule has 2 rings (SSSR count). The van der Waals surface area contributed by atoms with Crippen LogP contribution in [-0.2, 0) is 9.53 Å². The molecule has 0 spiro atoms. The lowest BCUT2D eigenvalue weighted by atomic mass is 10.2. The number of rotatable bonds is 10. The van der Waals surface area contributed by atoms with Crippen LogP contribution >= 0.6 is 11.6 Å². The van der Waals surface area contributed by atoms with E-state index in [1.165, 1.54) is 12.1 Å². The van der Waals surface area contributed by atoms with E-state index in [1.54, 1.807) is 43.3 Å². The number of unbranched alkanes of at least 4 members (excludes halogenated alkanes) is 3. The highest BCUT2D eigenvalue weighted by Gasteiger charge is 2.03. The first-order valence-electron chi connectivity index (χ1n) is 9.59. The monoisotopic (exact) mass is 433 g/mol. The fourth-order valence-electron chi connectivity index (χ4n) is 2.19. The van der Waals surface area contributed by atoms with Gasteiger partial charge in [0.25, 0.3) is 0 Å². The van der Waals surface area contributed by atoms with Crippen LogP contribution in [0.2, 0.25) is 5.02 Å². The molecule has 2 aromatic carbocycles. The van der Waals surface area contributed by atoms with Crippen molar-refractivity contribution >= 4 is 29.2 Å². The molecule has 0 fully saturated rings. The van der Waals surface area contributed by atoms with Gasteiger partial charge in [-0.05, 0) is 81.1 Å². The van der Waals surface area contributed by atoms with Crippen molar-refractivity contribution < 1.29 is 24.2 Å². The molecule has 3 N–H and O–H groups in total. The quantitative estimate of drug-likeness (QED) is 0.226. The number of benzene rings is 2. The number of halogens is 1. The van der Waals surface area contributed by atoms with Crippen LogP contribution in [0.3, 0.4) is 0 Å². The van der Waals surface area contributed by atoms with Crippen LogP contribution in [0.5, 0.6) is 5.75 Å². The first kappa shape index (κ1) is 25.0. The van der Waals surface area contributed by atoms with E-state index in [-0.39, 0.29) is 11.5 Å². The van der Waals surface area contributed by atoms with Crippen molar-refractivity contribution in [2.75, 3.05) is 18.9 Å². The van der Waals surface area contributed by atoms with E-state index in [0.717, 1.165) is 36.4 Å². The minimum absolute atomic E-state index is 0.247. The lowest BCUT2D eigenvalue weighted by molar-refractivity contribution is -0.139. The van der Waals surface area contributed by atoms with Crippen molar-refractivity contribution in [2.45, 2.75) is 32.6 Å². The minimum Gasteiger partial charge on any atom is -0.494 e. The molecule has 0 aliphatic heterocycles. The molecule has 0 amide bonds. The highest BCUT2D eigenvalue weighted by molar-refractivity contribution is 6.30. The van der Waals surface area contributed by atoms with Crippen molar-refractivity contribution in [2.24, 2.45) is 0 Å². The summed E-state index contributed by atoms with van der Waals surface area (Å²) >= 11 is 5.56. The molecule has 30 heavy (non-hydrogen) atoms. The Balaban J connectivity index is 0.000000467. The minimum atomic E-state index is -0.945. The second kappa shape index (κ2) is 14.1. The maximum Gasteiger partial charge on any atom is 0.335 e. The number of carboxylic acid groups (broad SMARTS) is 1. The van der Waals surface area contributed by atoms with Crippen LogP contribution in [0.15, 0.2) is 60.7 Å². The number of esters is 1. The second-order valence-electron chi connectivity index (χ2n) is 6.56. The van der Waals surface area contributed by atoms with Gasteiger partial charge in [0, 0.05) is 16.3 Å². The van der Waals surface area contributed by atoms with Crippen molar-refractivity contribution in [1.29, 1.82) is 0 Å². The summed E-state index contributed by atoms with van der Waals surface area (Å²) in [5.41, 5.74) is 6.78. The largest absolute Gasteiger partial charge is 0.494 e. The lowest BCUT2D eigenvalue weighted by Crippen LogP contribution is -2.06. The highest BCUT2D eigenvalue weighted by Crippen LogP contribution is 2.13. The zero-order chi connectivity index (χ0) is 22.4. The fourth-order valence-corrected chi connectivity index (χ4v) is 2.32. The van der Waals surface area contributed by atoms with Crippen LogP contribution in [0, 0.1) is 0 Å². The molecule has 0 radical (unpaired) electrons. The van der Waals surface area contributed by atoms with E-state index in [2.05, 4.69) is 6.58 Å². The average Bonchev–Trinajstić information content (AvgIpc) is 2.72. The van der Waals surface area contributed by atoms with E-state index < -0.39 is 5.97 Å². The molecule has 0 saturated carbocycles. The van der Waals surface area contributed by atoms with Crippen LogP contribution in [0.25, 0.3) is 0 Å². The van der Waals surface area contributed by atoms with Gasteiger partial charge in [-0.3, -0.25) is 0 Å². The van der Waals surface area contributed by atoms with E-state index in [4.69, 9.17) is 31.9 Å². The summed E-state index contributed by atoms with van der Waals surface area (Å²) in [7, 11) is 0. The number of aromatic carboxylic acids is 1. The third-order valence-electron chi connectivity index (χ3n) is 3.86. The molecule has 7 heteroatoms. The molecule has 2 aromatic rings. The molecular formula is C23H28ClNO5. The third kappa shape index (κ3) is 11.1. The fraction of sp³-hybridized carbons (Fsp3) is 0.304. The van der Waals surface area contributed by atoms with Gasteiger partial charge >= 0.3 is 11.9 Å². The Bertz CT molecular complexity index is 782. The molecule has 162 valence electrons. The number of carbonyl (C=O) groups excluding carboxylic acids is 1. The highest BCUT2D eigenvalue weighted by atomic mass is 35.5. The van der Waals surface area contributed by atoms with Crippen molar-refractivity contribution in [3.8, 4) is 5.75 Å². The molecule has 0 aromatic heterocycles. The topological polar surface area (TPSA) is 98.8 Å². The Morgan fingerprint density at radius 1 is 0.967 bits per heavy atom. The number of anilines is 1. The third-order valence-corrected chi connectivity index (χ3v) is 4.11. The zero-order valence-corrected chi connectivity index (χ0v) is 17.9. The van der Waals surface area contributed by atoms with Crippen LogP contribution in [0.1, 0.15) is 43.0 Å². The van der Waals surface area contributed by atoms with Crippen LogP contribution in [0.4, 0.5) is 5.69 Å².